The normalized spacial score (nSPS) is 11.0. The van der Waals surface area contributed by atoms with Crippen LogP contribution in [-0.4, -0.2) is 50.6 Å². The van der Waals surface area contributed by atoms with Crippen LogP contribution in [0.1, 0.15) is 5.69 Å². The lowest BCUT2D eigenvalue weighted by atomic mass is 10.4. The predicted octanol–water partition coefficient (Wildman–Crippen LogP) is -0.199. The van der Waals surface area contributed by atoms with E-state index in [1.54, 1.807) is 0 Å². The molecular weight excluding hydrogens is 368 g/mol. The van der Waals surface area contributed by atoms with Crippen molar-refractivity contribution in [1.82, 2.24) is 29.7 Å². The minimum atomic E-state index is -0.610. The Labute approximate surface area is 148 Å². The maximum Gasteiger partial charge on any atom is 0.345 e. The number of amidine groups is 1. The fraction of sp³-hybridized carbons (Fsp3) is 0.182. The molecule has 0 fully saturated rings. The lowest BCUT2D eigenvalue weighted by molar-refractivity contribution is -0.392. The Hall–Kier alpha value is -4.37. The van der Waals surface area contributed by atoms with Crippen LogP contribution in [0, 0.1) is 20.2 Å². The fourth-order valence-electron chi connectivity index (χ4n) is 1.83. The summed E-state index contributed by atoms with van der Waals surface area (Å²) in [7, 11) is 2.87. The van der Waals surface area contributed by atoms with Crippen LogP contribution in [0.5, 0.6) is 0 Å². The van der Waals surface area contributed by atoms with Crippen LogP contribution in [0.25, 0.3) is 11.5 Å². The van der Waals surface area contributed by atoms with Crippen molar-refractivity contribution in [2.75, 3.05) is 0 Å². The smallest absolute Gasteiger partial charge is 0.345 e. The molecule has 3 rings (SSSR count). The van der Waals surface area contributed by atoms with Crippen LogP contribution in [0.3, 0.4) is 0 Å². The van der Waals surface area contributed by atoms with Gasteiger partial charge in [-0.2, -0.15) is 4.98 Å². The van der Waals surface area contributed by atoms with Crippen molar-refractivity contribution in [3.8, 4) is 11.5 Å². The summed E-state index contributed by atoms with van der Waals surface area (Å²) in [4.78, 5) is 23.4. The number of oxime groups is 1. The lowest BCUT2D eigenvalue weighted by Crippen LogP contribution is -2.13. The number of hydrogen-bond acceptors (Lipinski definition) is 11. The van der Waals surface area contributed by atoms with Gasteiger partial charge in [0.1, 0.15) is 14.1 Å². The quantitative estimate of drug-likeness (QED) is 0.198. The van der Waals surface area contributed by atoms with E-state index in [-0.39, 0.29) is 29.0 Å². The summed E-state index contributed by atoms with van der Waals surface area (Å²) in [6, 6.07) is 2.40. The summed E-state index contributed by atoms with van der Waals surface area (Å²) >= 11 is 0. The van der Waals surface area contributed by atoms with Gasteiger partial charge in [-0.1, -0.05) is 20.5 Å². The van der Waals surface area contributed by atoms with Crippen LogP contribution in [-0.2, 0) is 14.1 Å². The molecule has 16 heteroatoms. The second-order valence-corrected chi connectivity index (χ2v) is 4.78. The third-order valence-electron chi connectivity index (χ3n) is 3.04. The van der Waals surface area contributed by atoms with E-state index in [9.17, 15) is 20.2 Å². The van der Waals surface area contributed by atoms with Gasteiger partial charge < -0.3 is 35.7 Å². The molecule has 0 saturated heterocycles. The zero-order valence-electron chi connectivity index (χ0n) is 13.8. The summed E-state index contributed by atoms with van der Waals surface area (Å²) in [5.74, 6) is -0.371. The third-order valence-corrected chi connectivity index (χ3v) is 3.04. The van der Waals surface area contributed by atoms with Crippen molar-refractivity contribution in [2.45, 2.75) is 0 Å². The van der Waals surface area contributed by atoms with Crippen molar-refractivity contribution in [1.29, 1.82) is 0 Å². The first kappa shape index (κ1) is 19.0. The van der Waals surface area contributed by atoms with Gasteiger partial charge in [0, 0.05) is 0 Å². The summed E-state index contributed by atoms with van der Waals surface area (Å²) in [5, 5.41) is 42.8. The highest BCUT2D eigenvalue weighted by Crippen LogP contribution is 2.18. The molecule has 142 valence electrons. The molecule has 0 bridgehead atoms. The average molecular weight is 380 g/mol. The molecule has 0 unspecified atom stereocenters. The van der Waals surface area contributed by atoms with E-state index in [0.717, 1.165) is 21.8 Å². The zero-order chi connectivity index (χ0) is 20.1. The first-order valence-corrected chi connectivity index (χ1v) is 6.86. The molecule has 3 heterocycles. The summed E-state index contributed by atoms with van der Waals surface area (Å²) in [6.45, 7) is 0. The molecule has 0 aliphatic carbocycles. The summed E-state index contributed by atoms with van der Waals surface area (Å²) in [6.07, 6.45) is 1.13. The molecule has 16 nitrogen and oxygen atoms in total. The highest BCUT2D eigenvalue weighted by Gasteiger charge is 2.18. The Balaban J connectivity index is 0.000000194. The minimum Gasteiger partial charge on any atom is -0.409 e. The molecule has 0 saturated carbocycles. The van der Waals surface area contributed by atoms with Gasteiger partial charge in [-0.15, -0.1) is 9.36 Å². The standard InChI is InChI=1S/C6H5N5O3.C5H7N5O3/c1-10-5(11(12)13)2-4(8-10)6-7-3-14-9-6;1-9-4(10(12)13)2-3(7-9)5(6)8-11/h2-3H,1H3;2,11H,1H3,(H2,6,8). The maximum absolute atomic E-state index is 10.5. The fourth-order valence-corrected chi connectivity index (χ4v) is 1.83. The van der Waals surface area contributed by atoms with E-state index >= 15 is 0 Å². The van der Waals surface area contributed by atoms with Crippen LogP contribution < -0.4 is 5.73 Å². The number of aromatic nitrogens is 6. The Bertz CT molecular complexity index is 988. The topological polar surface area (TPSA) is 219 Å². The van der Waals surface area contributed by atoms with Crippen molar-refractivity contribution >= 4 is 17.5 Å². The Morgan fingerprint density at radius 2 is 1.78 bits per heavy atom. The van der Waals surface area contributed by atoms with Crippen LogP contribution in [0.2, 0.25) is 0 Å². The Morgan fingerprint density at radius 1 is 1.19 bits per heavy atom. The second kappa shape index (κ2) is 7.68. The Morgan fingerprint density at radius 3 is 2.22 bits per heavy atom. The lowest BCUT2D eigenvalue weighted by Gasteiger charge is -1.89. The van der Waals surface area contributed by atoms with Gasteiger partial charge in [-0.05, 0) is 9.85 Å². The highest BCUT2D eigenvalue weighted by atomic mass is 16.6. The Kier molecular flexibility index (Phi) is 5.39. The molecule has 0 radical (unpaired) electrons. The molecule has 0 atom stereocenters. The zero-order valence-corrected chi connectivity index (χ0v) is 13.8. The van der Waals surface area contributed by atoms with Gasteiger partial charge in [0.15, 0.2) is 17.2 Å². The average Bonchev–Trinajstić information content (AvgIpc) is 3.33. The number of nitro groups is 2. The van der Waals surface area contributed by atoms with Crippen molar-refractivity contribution in [2.24, 2.45) is 25.0 Å². The van der Waals surface area contributed by atoms with Crippen LogP contribution in [0.15, 0.2) is 28.2 Å². The molecular formula is C11H12N10O6. The number of aryl methyl sites for hydroxylation is 2. The van der Waals surface area contributed by atoms with Gasteiger partial charge >= 0.3 is 11.6 Å². The van der Waals surface area contributed by atoms with E-state index in [2.05, 4.69) is 30.0 Å². The minimum absolute atomic E-state index is 0.0664. The second-order valence-electron chi connectivity index (χ2n) is 4.78. The van der Waals surface area contributed by atoms with Crippen LogP contribution >= 0.6 is 0 Å². The third kappa shape index (κ3) is 4.18. The largest absolute Gasteiger partial charge is 0.409 e. The molecule has 0 spiro atoms. The van der Waals surface area contributed by atoms with E-state index in [0.29, 0.717) is 5.69 Å². The summed E-state index contributed by atoms with van der Waals surface area (Å²) in [5.41, 5.74) is 5.56. The molecule has 3 aromatic rings. The van der Waals surface area contributed by atoms with Gasteiger partial charge in [-0.3, -0.25) is 0 Å². The van der Waals surface area contributed by atoms with Gasteiger partial charge in [0.05, 0.1) is 12.1 Å². The number of hydrogen-bond donors (Lipinski definition) is 2. The van der Waals surface area contributed by atoms with Gasteiger partial charge in [0.2, 0.25) is 12.2 Å². The molecule has 3 aromatic heterocycles. The van der Waals surface area contributed by atoms with Crippen LogP contribution in [0.4, 0.5) is 11.6 Å². The van der Waals surface area contributed by atoms with E-state index in [1.165, 1.54) is 20.2 Å². The van der Waals surface area contributed by atoms with Crippen molar-refractivity contribution in [3.05, 3.63) is 44.4 Å². The number of nitrogens with two attached hydrogens (primary N) is 1. The molecule has 0 aliphatic heterocycles. The number of rotatable bonds is 4. The predicted molar refractivity (Wildman–Crippen MR) is 85.5 cm³/mol. The SMILES string of the molecule is Cn1nc(-c2ncon2)cc1[N+](=O)[O-].Cn1nc(/C(N)=N/O)cc1[N+](=O)[O-]. The monoisotopic (exact) mass is 380 g/mol. The molecule has 27 heavy (non-hydrogen) atoms. The molecule has 3 N–H and O–H groups in total. The van der Waals surface area contributed by atoms with E-state index in [1.807, 2.05) is 0 Å². The molecule has 0 amide bonds. The molecule has 0 aliphatic rings. The molecule has 0 aromatic carbocycles. The first-order valence-electron chi connectivity index (χ1n) is 6.86. The van der Waals surface area contributed by atoms with Gasteiger partial charge in [0.25, 0.3) is 0 Å². The highest BCUT2D eigenvalue weighted by molar-refractivity contribution is 5.95. The van der Waals surface area contributed by atoms with Crippen molar-refractivity contribution in [3.63, 3.8) is 0 Å². The maximum atomic E-state index is 10.5. The number of nitrogens with zero attached hydrogens (tertiary/aromatic N) is 9. The van der Waals surface area contributed by atoms with Crippen molar-refractivity contribution < 1.29 is 19.6 Å². The van der Waals surface area contributed by atoms with Gasteiger partial charge in [-0.25, -0.2) is 0 Å². The first-order chi connectivity index (χ1) is 12.7. The summed E-state index contributed by atoms with van der Waals surface area (Å²) < 4.78 is 6.68. The van der Waals surface area contributed by atoms with E-state index < -0.39 is 9.85 Å². The van der Waals surface area contributed by atoms with E-state index in [4.69, 9.17) is 10.9 Å².